The molecule has 0 aliphatic carbocycles. The first-order chi connectivity index (χ1) is 8.20. The first kappa shape index (κ1) is 11.8. The third-order valence-corrected chi connectivity index (χ3v) is 3.57. The molecule has 5 heteroatoms. The molecular weight excluding hydrogens is 254 g/mol. The number of anilines is 2. The number of nitriles is 1. The van der Waals surface area contributed by atoms with Crippen LogP contribution in [0.3, 0.4) is 0 Å². The molecule has 1 aromatic heterocycles. The van der Waals surface area contributed by atoms with Crippen LogP contribution in [0.25, 0.3) is 0 Å². The predicted octanol–water partition coefficient (Wildman–Crippen LogP) is 3.47. The monoisotopic (exact) mass is 263 g/mol. The van der Waals surface area contributed by atoms with E-state index in [1.54, 1.807) is 23.5 Å². The molecule has 2 aromatic rings. The van der Waals surface area contributed by atoms with Gasteiger partial charge in [-0.2, -0.15) is 5.26 Å². The lowest BCUT2D eigenvalue weighted by molar-refractivity contribution is 1.19. The summed E-state index contributed by atoms with van der Waals surface area (Å²) in [5.74, 6) is 0. The van der Waals surface area contributed by atoms with Crippen LogP contribution in [0.15, 0.2) is 29.6 Å². The van der Waals surface area contributed by atoms with E-state index in [1.165, 1.54) is 0 Å². The zero-order chi connectivity index (χ0) is 12.3. The van der Waals surface area contributed by atoms with Crippen molar-refractivity contribution in [2.75, 3.05) is 11.1 Å². The van der Waals surface area contributed by atoms with Crippen molar-refractivity contribution in [3.8, 4) is 6.07 Å². The van der Waals surface area contributed by atoms with Crippen molar-refractivity contribution in [3.05, 3.63) is 45.1 Å². The highest BCUT2D eigenvalue weighted by molar-refractivity contribution is 7.10. The largest absolute Gasteiger partial charge is 0.398 e. The van der Waals surface area contributed by atoms with Gasteiger partial charge in [-0.05, 0) is 29.6 Å². The summed E-state index contributed by atoms with van der Waals surface area (Å²) >= 11 is 7.54. The highest BCUT2D eigenvalue weighted by Gasteiger charge is 2.03. The molecule has 0 bridgehead atoms. The fourth-order valence-electron chi connectivity index (χ4n) is 1.39. The minimum Gasteiger partial charge on any atom is -0.398 e. The maximum atomic E-state index is 8.76. The Labute approximate surface area is 108 Å². The highest BCUT2D eigenvalue weighted by atomic mass is 35.5. The fourth-order valence-corrected chi connectivity index (χ4v) is 2.35. The van der Waals surface area contributed by atoms with Crippen LogP contribution in [0.4, 0.5) is 11.4 Å². The van der Waals surface area contributed by atoms with Gasteiger partial charge in [-0.3, -0.25) is 0 Å². The van der Waals surface area contributed by atoms with E-state index < -0.39 is 0 Å². The normalized spacial score (nSPS) is 9.88. The van der Waals surface area contributed by atoms with Gasteiger partial charge in [0, 0.05) is 16.3 Å². The van der Waals surface area contributed by atoms with E-state index in [-0.39, 0.29) is 0 Å². The van der Waals surface area contributed by atoms with Crippen LogP contribution in [0.2, 0.25) is 5.02 Å². The van der Waals surface area contributed by atoms with E-state index in [0.717, 1.165) is 16.3 Å². The highest BCUT2D eigenvalue weighted by Crippen LogP contribution is 2.23. The second-order valence-corrected chi connectivity index (χ2v) is 4.87. The van der Waals surface area contributed by atoms with Gasteiger partial charge in [-0.25, -0.2) is 0 Å². The first-order valence-corrected chi connectivity index (χ1v) is 6.22. The van der Waals surface area contributed by atoms with Gasteiger partial charge in [0.05, 0.1) is 17.1 Å². The number of hydrogen-bond acceptors (Lipinski definition) is 4. The Kier molecular flexibility index (Phi) is 3.52. The number of hydrogen-bond donors (Lipinski definition) is 2. The van der Waals surface area contributed by atoms with E-state index in [2.05, 4.69) is 5.32 Å². The summed E-state index contributed by atoms with van der Waals surface area (Å²) in [6, 6.07) is 9.17. The van der Waals surface area contributed by atoms with E-state index >= 15 is 0 Å². The van der Waals surface area contributed by atoms with Gasteiger partial charge in [0.2, 0.25) is 0 Å². The molecule has 0 spiro atoms. The Morgan fingerprint density at radius 2 is 2.24 bits per heavy atom. The Morgan fingerprint density at radius 1 is 1.41 bits per heavy atom. The maximum Gasteiger partial charge on any atom is 0.101 e. The van der Waals surface area contributed by atoms with Crippen LogP contribution in [0.1, 0.15) is 10.4 Å². The van der Waals surface area contributed by atoms with Gasteiger partial charge in [0.15, 0.2) is 0 Å². The fraction of sp³-hybridized carbons (Fsp3) is 0.0833. The van der Waals surface area contributed by atoms with Gasteiger partial charge in [0.25, 0.3) is 0 Å². The number of benzene rings is 1. The number of nitrogens with two attached hydrogens (primary N) is 1. The van der Waals surface area contributed by atoms with Gasteiger partial charge in [-0.15, -0.1) is 11.3 Å². The lowest BCUT2D eigenvalue weighted by atomic mass is 10.2. The van der Waals surface area contributed by atoms with Gasteiger partial charge < -0.3 is 11.1 Å². The summed E-state index contributed by atoms with van der Waals surface area (Å²) < 4.78 is 0. The zero-order valence-electron chi connectivity index (χ0n) is 8.90. The van der Waals surface area contributed by atoms with Crippen molar-refractivity contribution in [1.29, 1.82) is 5.26 Å². The third kappa shape index (κ3) is 2.70. The van der Waals surface area contributed by atoms with Crippen molar-refractivity contribution in [2.45, 2.75) is 6.54 Å². The van der Waals surface area contributed by atoms with Crippen LogP contribution >= 0.6 is 22.9 Å². The molecule has 17 heavy (non-hydrogen) atoms. The van der Waals surface area contributed by atoms with Crippen molar-refractivity contribution in [3.63, 3.8) is 0 Å². The summed E-state index contributed by atoms with van der Waals surface area (Å²) in [6.07, 6.45) is 0. The minimum absolute atomic E-state index is 0.455. The third-order valence-electron chi connectivity index (χ3n) is 2.32. The Morgan fingerprint density at radius 3 is 2.82 bits per heavy atom. The SMILES string of the molecule is N#Cc1ccc(NCc2sccc2N)cc1Cl. The van der Waals surface area contributed by atoms with Crippen LogP contribution in [-0.4, -0.2) is 0 Å². The number of rotatable bonds is 3. The predicted molar refractivity (Wildman–Crippen MR) is 72.2 cm³/mol. The smallest absolute Gasteiger partial charge is 0.101 e. The molecule has 2 rings (SSSR count). The Hall–Kier alpha value is -1.70. The molecule has 0 radical (unpaired) electrons. The first-order valence-electron chi connectivity index (χ1n) is 4.96. The van der Waals surface area contributed by atoms with E-state index in [4.69, 9.17) is 22.6 Å². The topological polar surface area (TPSA) is 61.8 Å². The van der Waals surface area contributed by atoms with Crippen molar-refractivity contribution in [1.82, 2.24) is 0 Å². The quantitative estimate of drug-likeness (QED) is 0.891. The van der Waals surface area contributed by atoms with Gasteiger partial charge in [0.1, 0.15) is 6.07 Å². The molecule has 0 unspecified atom stereocenters. The molecule has 0 saturated carbocycles. The average Bonchev–Trinajstić information content (AvgIpc) is 2.72. The lowest BCUT2D eigenvalue weighted by Gasteiger charge is -2.06. The molecule has 3 N–H and O–H groups in total. The molecule has 0 fully saturated rings. The molecular formula is C12H10ClN3S. The van der Waals surface area contributed by atoms with Crippen LogP contribution in [0.5, 0.6) is 0 Å². The molecule has 1 aromatic carbocycles. The van der Waals surface area contributed by atoms with Crippen LogP contribution in [-0.2, 0) is 6.54 Å². The lowest BCUT2D eigenvalue weighted by Crippen LogP contribution is -2.00. The minimum atomic E-state index is 0.455. The summed E-state index contributed by atoms with van der Waals surface area (Å²) in [7, 11) is 0. The molecule has 0 amide bonds. The number of halogens is 1. The molecule has 86 valence electrons. The number of nitrogen functional groups attached to an aromatic ring is 1. The van der Waals surface area contributed by atoms with Crippen LogP contribution < -0.4 is 11.1 Å². The van der Waals surface area contributed by atoms with Crippen molar-refractivity contribution >= 4 is 34.3 Å². The van der Waals surface area contributed by atoms with E-state index in [0.29, 0.717) is 17.1 Å². The van der Waals surface area contributed by atoms with Crippen molar-refractivity contribution < 1.29 is 0 Å². The van der Waals surface area contributed by atoms with Gasteiger partial charge >= 0.3 is 0 Å². The molecule has 0 saturated heterocycles. The molecule has 0 aliphatic rings. The zero-order valence-corrected chi connectivity index (χ0v) is 10.5. The maximum absolute atomic E-state index is 8.76. The summed E-state index contributed by atoms with van der Waals surface area (Å²) in [6.45, 7) is 0.658. The molecule has 0 atom stereocenters. The summed E-state index contributed by atoms with van der Waals surface area (Å²) in [5.41, 5.74) is 7.93. The van der Waals surface area contributed by atoms with E-state index in [1.807, 2.05) is 23.6 Å². The second kappa shape index (κ2) is 5.09. The molecule has 3 nitrogen and oxygen atoms in total. The van der Waals surface area contributed by atoms with Crippen molar-refractivity contribution in [2.24, 2.45) is 0 Å². The van der Waals surface area contributed by atoms with Gasteiger partial charge in [-0.1, -0.05) is 11.6 Å². The number of nitrogens with one attached hydrogen (secondary N) is 1. The Balaban J connectivity index is 2.08. The standard InChI is InChI=1S/C12H10ClN3S/c13-10-5-9(2-1-8(10)6-14)16-7-12-11(15)3-4-17-12/h1-5,16H,7,15H2. The average molecular weight is 264 g/mol. The number of thiophene rings is 1. The summed E-state index contributed by atoms with van der Waals surface area (Å²) in [5, 5.41) is 14.4. The summed E-state index contributed by atoms with van der Waals surface area (Å²) in [4.78, 5) is 1.09. The molecule has 0 aliphatic heterocycles. The van der Waals surface area contributed by atoms with E-state index in [9.17, 15) is 0 Å². The Bertz CT molecular complexity index is 571. The van der Waals surface area contributed by atoms with Crippen LogP contribution in [0, 0.1) is 11.3 Å². The number of nitrogens with zero attached hydrogens (tertiary/aromatic N) is 1. The second-order valence-electron chi connectivity index (χ2n) is 3.46. The molecule has 1 heterocycles.